The van der Waals surface area contributed by atoms with Gasteiger partial charge in [0.1, 0.15) is 11.6 Å². The maximum Gasteiger partial charge on any atom is 0.161 e. The molecule has 0 saturated heterocycles. The molecule has 2 aromatic rings. The summed E-state index contributed by atoms with van der Waals surface area (Å²) in [5, 5.41) is 3.06. The number of anilines is 1. The Morgan fingerprint density at radius 1 is 1.10 bits per heavy atom. The minimum Gasteiger partial charge on any atom is -0.372 e. The van der Waals surface area contributed by atoms with Crippen molar-refractivity contribution < 1.29 is 4.39 Å². The molecule has 0 amide bonds. The number of nitrogens with zero attached hydrogens (tertiary/aromatic N) is 2. The van der Waals surface area contributed by atoms with Gasteiger partial charge in [-0.1, -0.05) is 20.8 Å². The van der Waals surface area contributed by atoms with E-state index < -0.39 is 0 Å². The number of hydrogen-bond donors (Lipinski definition) is 1. The molecule has 0 fully saturated rings. The summed E-state index contributed by atoms with van der Waals surface area (Å²) in [7, 11) is 1.81. The molecule has 0 bridgehead atoms. The molecule has 0 aliphatic carbocycles. The second-order valence-corrected chi connectivity index (χ2v) is 6.36. The zero-order valence-corrected chi connectivity index (χ0v) is 13.5. The SMILES string of the molecule is CNc1nc(-c2ccc(F)cc2)nc(C(C)(C)C)c1Br. The smallest absolute Gasteiger partial charge is 0.161 e. The first-order chi connectivity index (χ1) is 9.32. The van der Waals surface area contributed by atoms with E-state index in [0.717, 1.165) is 21.5 Å². The molecule has 0 radical (unpaired) electrons. The molecule has 3 nitrogen and oxygen atoms in total. The van der Waals surface area contributed by atoms with Gasteiger partial charge in [-0.3, -0.25) is 0 Å². The zero-order chi connectivity index (χ0) is 14.9. The fourth-order valence-corrected chi connectivity index (χ4v) is 2.81. The van der Waals surface area contributed by atoms with Gasteiger partial charge in [-0.05, 0) is 40.2 Å². The lowest BCUT2D eigenvalue weighted by molar-refractivity contribution is 0.564. The van der Waals surface area contributed by atoms with Crippen molar-refractivity contribution in [3.8, 4) is 11.4 Å². The van der Waals surface area contributed by atoms with Crippen LogP contribution in [0.15, 0.2) is 28.7 Å². The van der Waals surface area contributed by atoms with Gasteiger partial charge in [-0.25, -0.2) is 14.4 Å². The Morgan fingerprint density at radius 2 is 1.70 bits per heavy atom. The van der Waals surface area contributed by atoms with Crippen molar-refractivity contribution in [1.82, 2.24) is 9.97 Å². The fourth-order valence-electron chi connectivity index (χ4n) is 1.84. The van der Waals surface area contributed by atoms with E-state index in [2.05, 4.69) is 52.0 Å². The number of hydrogen-bond acceptors (Lipinski definition) is 3. The molecule has 2 rings (SSSR count). The first-order valence-corrected chi connectivity index (χ1v) is 7.14. The Balaban J connectivity index is 2.63. The van der Waals surface area contributed by atoms with E-state index in [1.165, 1.54) is 12.1 Å². The third kappa shape index (κ3) is 2.98. The highest BCUT2D eigenvalue weighted by molar-refractivity contribution is 9.10. The van der Waals surface area contributed by atoms with E-state index in [1.54, 1.807) is 12.1 Å². The van der Waals surface area contributed by atoms with Gasteiger partial charge in [0, 0.05) is 18.0 Å². The molecule has 1 N–H and O–H groups in total. The summed E-state index contributed by atoms with van der Waals surface area (Å²) in [4.78, 5) is 9.10. The standard InChI is InChI=1S/C15H17BrFN3/c1-15(2,3)12-11(16)14(18-4)20-13(19-12)9-5-7-10(17)8-6-9/h5-8H,1-4H3,(H,18,19,20). The molecule has 1 heterocycles. The summed E-state index contributed by atoms with van der Waals surface area (Å²) >= 11 is 3.55. The molecule has 0 spiro atoms. The van der Waals surface area contributed by atoms with E-state index in [4.69, 9.17) is 0 Å². The predicted molar refractivity (Wildman–Crippen MR) is 83.4 cm³/mol. The number of nitrogens with one attached hydrogen (secondary N) is 1. The average molecular weight is 338 g/mol. The summed E-state index contributed by atoms with van der Waals surface area (Å²) in [6.07, 6.45) is 0. The van der Waals surface area contributed by atoms with Crippen LogP contribution in [-0.4, -0.2) is 17.0 Å². The lowest BCUT2D eigenvalue weighted by Crippen LogP contribution is -2.17. The van der Waals surface area contributed by atoms with Crippen molar-refractivity contribution in [2.75, 3.05) is 12.4 Å². The van der Waals surface area contributed by atoms with Crippen LogP contribution in [0, 0.1) is 5.82 Å². The lowest BCUT2D eigenvalue weighted by Gasteiger charge is -2.21. The van der Waals surface area contributed by atoms with Gasteiger partial charge in [0.2, 0.25) is 0 Å². The second-order valence-electron chi connectivity index (χ2n) is 5.57. The second kappa shape index (κ2) is 5.48. The first kappa shape index (κ1) is 14.9. The summed E-state index contributed by atoms with van der Waals surface area (Å²) in [6, 6.07) is 6.20. The van der Waals surface area contributed by atoms with Crippen LogP contribution in [0.5, 0.6) is 0 Å². The number of rotatable bonds is 2. The summed E-state index contributed by atoms with van der Waals surface area (Å²) in [5.74, 6) is 1.04. The van der Waals surface area contributed by atoms with Gasteiger partial charge in [0.15, 0.2) is 5.82 Å². The highest BCUT2D eigenvalue weighted by atomic mass is 79.9. The Kier molecular flexibility index (Phi) is 4.09. The van der Waals surface area contributed by atoms with Crippen molar-refractivity contribution in [1.29, 1.82) is 0 Å². The van der Waals surface area contributed by atoms with Crippen LogP contribution < -0.4 is 5.32 Å². The molecule has 1 aromatic heterocycles. The van der Waals surface area contributed by atoms with Gasteiger partial charge >= 0.3 is 0 Å². The van der Waals surface area contributed by atoms with Gasteiger partial charge in [-0.2, -0.15) is 0 Å². The largest absolute Gasteiger partial charge is 0.372 e. The zero-order valence-electron chi connectivity index (χ0n) is 12.0. The van der Waals surface area contributed by atoms with E-state index in [0.29, 0.717) is 5.82 Å². The van der Waals surface area contributed by atoms with Crippen LogP contribution >= 0.6 is 15.9 Å². The molecule has 0 aliphatic heterocycles. The molecular weight excluding hydrogens is 321 g/mol. The van der Waals surface area contributed by atoms with Crippen LogP contribution in [0.2, 0.25) is 0 Å². The van der Waals surface area contributed by atoms with Gasteiger partial charge in [-0.15, -0.1) is 0 Å². The Hall–Kier alpha value is -1.49. The van der Waals surface area contributed by atoms with Crippen molar-refractivity contribution in [3.05, 3.63) is 40.2 Å². The quantitative estimate of drug-likeness (QED) is 0.883. The number of benzene rings is 1. The van der Waals surface area contributed by atoms with E-state index >= 15 is 0 Å². The van der Waals surface area contributed by atoms with Gasteiger partial charge in [0.05, 0.1) is 10.2 Å². The lowest BCUT2D eigenvalue weighted by atomic mass is 9.91. The van der Waals surface area contributed by atoms with Crippen LogP contribution in [0.1, 0.15) is 26.5 Å². The summed E-state index contributed by atoms with van der Waals surface area (Å²) in [5.41, 5.74) is 1.58. The molecule has 0 saturated carbocycles. The van der Waals surface area contributed by atoms with E-state index in [1.807, 2.05) is 7.05 Å². The third-order valence-corrected chi connectivity index (χ3v) is 3.65. The molecule has 20 heavy (non-hydrogen) atoms. The van der Waals surface area contributed by atoms with Crippen molar-refractivity contribution in [2.24, 2.45) is 0 Å². The Morgan fingerprint density at radius 3 is 2.20 bits per heavy atom. The van der Waals surface area contributed by atoms with Gasteiger partial charge < -0.3 is 5.32 Å². The van der Waals surface area contributed by atoms with E-state index in [-0.39, 0.29) is 11.2 Å². The molecule has 5 heteroatoms. The molecule has 1 aromatic carbocycles. The topological polar surface area (TPSA) is 37.8 Å². The van der Waals surface area contributed by atoms with Crippen molar-refractivity contribution in [2.45, 2.75) is 26.2 Å². The predicted octanol–water partition coefficient (Wildman–Crippen LogP) is 4.38. The molecule has 0 atom stereocenters. The maximum atomic E-state index is 13.0. The molecule has 106 valence electrons. The first-order valence-electron chi connectivity index (χ1n) is 6.34. The highest BCUT2D eigenvalue weighted by Crippen LogP contribution is 2.34. The van der Waals surface area contributed by atoms with Crippen LogP contribution in [-0.2, 0) is 5.41 Å². The fraction of sp³-hybridized carbons (Fsp3) is 0.333. The van der Waals surface area contributed by atoms with Crippen molar-refractivity contribution in [3.63, 3.8) is 0 Å². The minimum atomic E-state index is -0.268. The maximum absolute atomic E-state index is 13.0. The van der Waals surface area contributed by atoms with Crippen LogP contribution in [0.3, 0.4) is 0 Å². The average Bonchev–Trinajstić information content (AvgIpc) is 2.38. The van der Waals surface area contributed by atoms with Crippen molar-refractivity contribution >= 4 is 21.7 Å². The molecule has 0 aliphatic rings. The Bertz CT molecular complexity index is 618. The van der Waals surface area contributed by atoms with Crippen LogP contribution in [0.4, 0.5) is 10.2 Å². The van der Waals surface area contributed by atoms with Gasteiger partial charge in [0.25, 0.3) is 0 Å². The highest BCUT2D eigenvalue weighted by Gasteiger charge is 2.23. The Labute approximate surface area is 126 Å². The van der Waals surface area contributed by atoms with E-state index in [9.17, 15) is 4.39 Å². The molecule has 0 unspecified atom stereocenters. The number of halogens is 2. The minimum absolute atomic E-state index is 0.123. The van der Waals surface area contributed by atoms with Crippen LogP contribution in [0.25, 0.3) is 11.4 Å². The molecular formula is C15H17BrFN3. The third-order valence-electron chi connectivity index (χ3n) is 2.90. The summed E-state index contributed by atoms with van der Waals surface area (Å²) < 4.78 is 13.9. The summed E-state index contributed by atoms with van der Waals surface area (Å²) in [6.45, 7) is 6.27. The monoisotopic (exact) mass is 337 g/mol. The number of aromatic nitrogens is 2. The normalized spacial score (nSPS) is 11.5.